The molecule has 100 valence electrons. The molecule has 0 bridgehead atoms. The molecular weight excluding hydrogens is 336 g/mol. The summed E-state index contributed by atoms with van der Waals surface area (Å²) in [7, 11) is -4.03. The molecule has 0 fully saturated rings. The third kappa shape index (κ3) is 4.22. The predicted octanol–water partition coefficient (Wildman–Crippen LogP) is 1.94. The minimum atomic E-state index is -4.03. The molecule has 0 amide bonds. The molecule has 9 heteroatoms. The van der Waals surface area contributed by atoms with E-state index in [-0.39, 0.29) is 4.47 Å². The van der Waals surface area contributed by atoms with Gasteiger partial charge in [0.05, 0.1) is 22.3 Å². The maximum absolute atomic E-state index is 13.3. The summed E-state index contributed by atoms with van der Waals surface area (Å²) in [4.78, 5) is 10.2. The average molecular weight is 344 g/mol. The van der Waals surface area contributed by atoms with Crippen molar-refractivity contribution in [1.82, 2.24) is 0 Å². The number of nitrogens with one attached hydrogen (secondary N) is 1. The van der Waals surface area contributed by atoms with Crippen LogP contribution in [0.1, 0.15) is 6.42 Å². The highest BCUT2D eigenvalue weighted by Crippen LogP contribution is 2.24. The molecule has 2 N–H and O–H groups in total. The highest BCUT2D eigenvalue weighted by molar-refractivity contribution is 9.10. The Bertz CT molecular complexity index is 576. The number of hydrogen-bond donors (Lipinski definition) is 2. The van der Waals surface area contributed by atoms with E-state index in [0.717, 1.165) is 6.07 Å². The van der Waals surface area contributed by atoms with Crippen molar-refractivity contribution in [2.24, 2.45) is 0 Å². The second-order valence-corrected chi connectivity index (χ2v) is 6.01. The van der Waals surface area contributed by atoms with Crippen LogP contribution in [0.15, 0.2) is 16.6 Å². The fourth-order valence-corrected chi connectivity index (χ4v) is 2.39. The minimum Gasteiger partial charge on any atom is -0.481 e. The first-order chi connectivity index (χ1) is 8.21. The monoisotopic (exact) mass is 343 g/mol. The quantitative estimate of drug-likeness (QED) is 0.800. The standard InChI is InChI=1S/C9H8BrF2NO4S/c10-5-3-7(12)8(4-6(5)11)13-18(16,17)2-1-9(14)15/h3-4,13H,1-2H2,(H,14,15). The molecule has 1 aromatic carbocycles. The van der Waals surface area contributed by atoms with Gasteiger partial charge >= 0.3 is 5.97 Å². The number of anilines is 1. The van der Waals surface area contributed by atoms with Crippen LogP contribution in [0.25, 0.3) is 0 Å². The molecule has 0 spiro atoms. The SMILES string of the molecule is O=C(O)CCS(=O)(=O)Nc1cc(F)c(Br)cc1F. The Kier molecular flexibility index (Phi) is 4.63. The molecule has 0 aliphatic heterocycles. The van der Waals surface area contributed by atoms with E-state index in [1.807, 2.05) is 0 Å². The van der Waals surface area contributed by atoms with Crippen molar-refractivity contribution in [3.63, 3.8) is 0 Å². The molecule has 5 nitrogen and oxygen atoms in total. The Hall–Kier alpha value is -1.22. The zero-order chi connectivity index (χ0) is 13.9. The summed E-state index contributed by atoms with van der Waals surface area (Å²) in [6.45, 7) is 0. The largest absolute Gasteiger partial charge is 0.481 e. The summed E-state index contributed by atoms with van der Waals surface area (Å²) in [6.07, 6.45) is -0.629. The van der Waals surface area contributed by atoms with Gasteiger partial charge in [-0.2, -0.15) is 0 Å². The zero-order valence-corrected chi connectivity index (χ0v) is 11.2. The molecule has 0 atom stereocenters. The van der Waals surface area contributed by atoms with Crippen LogP contribution in [0.4, 0.5) is 14.5 Å². The Balaban J connectivity index is 2.91. The van der Waals surface area contributed by atoms with Crippen molar-refractivity contribution in [3.8, 4) is 0 Å². The number of benzene rings is 1. The van der Waals surface area contributed by atoms with Gasteiger partial charge in [0.2, 0.25) is 10.0 Å². The van der Waals surface area contributed by atoms with E-state index in [1.54, 1.807) is 4.72 Å². The summed E-state index contributed by atoms with van der Waals surface area (Å²) in [6, 6.07) is 1.43. The van der Waals surface area contributed by atoms with Crippen LogP contribution in [0, 0.1) is 11.6 Å². The first-order valence-corrected chi connectivity index (χ1v) is 7.02. The van der Waals surface area contributed by atoms with Crippen molar-refractivity contribution in [1.29, 1.82) is 0 Å². The highest BCUT2D eigenvalue weighted by Gasteiger charge is 2.16. The van der Waals surface area contributed by atoms with Crippen LogP contribution >= 0.6 is 15.9 Å². The Morgan fingerprint density at radius 2 is 1.94 bits per heavy atom. The summed E-state index contributed by atoms with van der Waals surface area (Å²) < 4.78 is 50.8. The molecule has 1 rings (SSSR count). The Morgan fingerprint density at radius 3 is 2.50 bits per heavy atom. The second-order valence-electron chi connectivity index (χ2n) is 3.31. The van der Waals surface area contributed by atoms with Crippen LogP contribution in [-0.4, -0.2) is 25.2 Å². The number of rotatable bonds is 5. The van der Waals surface area contributed by atoms with E-state index >= 15 is 0 Å². The summed E-state index contributed by atoms with van der Waals surface area (Å²) in [5.41, 5.74) is -0.568. The van der Waals surface area contributed by atoms with E-state index in [0.29, 0.717) is 6.07 Å². The van der Waals surface area contributed by atoms with Crippen molar-refractivity contribution in [2.45, 2.75) is 6.42 Å². The third-order valence-corrected chi connectivity index (χ3v) is 3.74. The Morgan fingerprint density at radius 1 is 1.33 bits per heavy atom. The smallest absolute Gasteiger partial charge is 0.304 e. The van der Waals surface area contributed by atoms with Gasteiger partial charge in [0.25, 0.3) is 0 Å². The van der Waals surface area contributed by atoms with Gasteiger partial charge < -0.3 is 5.11 Å². The maximum Gasteiger partial charge on any atom is 0.304 e. The predicted molar refractivity (Wildman–Crippen MR) is 63.7 cm³/mol. The molecule has 0 aliphatic rings. The van der Waals surface area contributed by atoms with Crippen LogP contribution in [0.3, 0.4) is 0 Å². The van der Waals surface area contributed by atoms with Crippen molar-refractivity contribution in [3.05, 3.63) is 28.2 Å². The molecule has 0 aliphatic carbocycles. The number of aliphatic carboxylic acids is 1. The zero-order valence-electron chi connectivity index (χ0n) is 8.78. The first kappa shape index (κ1) is 14.8. The van der Waals surface area contributed by atoms with Gasteiger partial charge in [-0.1, -0.05) is 0 Å². The van der Waals surface area contributed by atoms with Gasteiger partial charge in [-0.3, -0.25) is 9.52 Å². The lowest BCUT2D eigenvalue weighted by atomic mass is 10.3. The van der Waals surface area contributed by atoms with E-state index in [9.17, 15) is 22.0 Å². The number of carbonyl (C=O) groups is 1. The third-order valence-electron chi connectivity index (χ3n) is 1.86. The van der Waals surface area contributed by atoms with Gasteiger partial charge in [-0.15, -0.1) is 0 Å². The molecule has 0 unspecified atom stereocenters. The molecule has 0 heterocycles. The van der Waals surface area contributed by atoms with E-state index in [1.165, 1.54) is 0 Å². The van der Waals surface area contributed by atoms with Gasteiger partial charge in [-0.25, -0.2) is 17.2 Å². The molecule has 1 aromatic rings. The number of carboxylic acids is 1. The molecule has 18 heavy (non-hydrogen) atoms. The van der Waals surface area contributed by atoms with E-state index in [4.69, 9.17) is 5.11 Å². The normalized spacial score (nSPS) is 11.3. The lowest BCUT2D eigenvalue weighted by Crippen LogP contribution is -2.19. The van der Waals surface area contributed by atoms with E-state index < -0.39 is 45.5 Å². The van der Waals surface area contributed by atoms with Crippen LogP contribution in [0.5, 0.6) is 0 Å². The number of sulfonamides is 1. The second kappa shape index (κ2) is 5.61. The maximum atomic E-state index is 13.3. The molecule has 0 aromatic heterocycles. The number of carboxylic acid groups (broad SMARTS) is 1. The highest BCUT2D eigenvalue weighted by atomic mass is 79.9. The number of hydrogen-bond acceptors (Lipinski definition) is 3. The van der Waals surface area contributed by atoms with E-state index in [2.05, 4.69) is 15.9 Å². The lowest BCUT2D eigenvalue weighted by Gasteiger charge is -2.08. The molecule has 0 saturated carbocycles. The average Bonchev–Trinajstić information content (AvgIpc) is 2.23. The molecule has 0 saturated heterocycles. The summed E-state index contributed by atoms with van der Waals surface area (Å²) in [5, 5.41) is 8.35. The lowest BCUT2D eigenvalue weighted by molar-refractivity contribution is -0.136. The van der Waals surface area contributed by atoms with Crippen molar-refractivity contribution >= 4 is 37.6 Å². The van der Waals surface area contributed by atoms with Gasteiger partial charge in [0.1, 0.15) is 11.6 Å². The van der Waals surface area contributed by atoms with Crippen molar-refractivity contribution in [2.75, 3.05) is 10.5 Å². The minimum absolute atomic E-state index is 0.145. The van der Waals surface area contributed by atoms with Crippen LogP contribution in [0.2, 0.25) is 0 Å². The number of halogens is 3. The molecular formula is C9H8BrF2NO4S. The fourth-order valence-electron chi connectivity index (χ4n) is 1.04. The first-order valence-electron chi connectivity index (χ1n) is 4.58. The summed E-state index contributed by atoms with van der Waals surface area (Å²) in [5.74, 6) is -3.84. The molecule has 0 radical (unpaired) electrons. The van der Waals surface area contributed by atoms with Gasteiger partial charge in [0, 0.05) is 6.07 Å². The topological polar surface area (TPSA) is 83.5 Å². The van der Waals surface area contributed by atoms with Gasteiger partial charge in [0.15, 0.2) is 0 Å². The Labute approximate surface area is 110 Å². The fraction of sp³-hybridized carbons (Fsp3) is 0.222. The van der Waals surface area contributed by atoms with Crippen LogP contribution < -0.4 is 4.72 Å². The van der Waals surface area contributed by atoms with Crippen molar-refractivity contribution < 1.29 is 27.1 Å². The summed E-state index contributed by atoms with van der Waals surface area (Å²) >= 11 is 2.74. The van der Waals surface area contributed by atoms with Crippen LogP contribution in [-0.2, 0) is 14.8 Å². The van der Waals surface area contributed by atoms with Gasteiger partial charge in [-0.05, 0) is 22.0 Å².